The zero-order valence-electron chi connectivity index (χ0n) is 11.7. The Hall–Kier alpha value is -2.54. The van der Waals surface area contributed by atoms with E-state index < -0.39 is 16.4 Å². The van der Waals surface area contributed by atoms with Crippen molar-refractivity contribution in [3.63, 3.8) is 0 Å². The van der Waals surface area contributed by atoms with Gasteiger partial charge in [-0.3, -0.25) is 14.9 Å². The van der Waals surface area contributed by atoms with E-state index in [1.165, 1.54) is 29.2 Å². The maximum absolute atomic E-state index is 12.2. The summed E-state index contributed by atoms with van der Waals surface area (Å²) in [6, 6.07) is 7.10. The lowest BCUT2D eigenvalue weighted by atomic mass is 10.1. The topological polar surface area (TPSA) is 96.8 Å². The van der Waals surface area contributed by atoms with E-state index in [9.17, 15) is 20.0 Å². The molecule has 0 saturated carbocycles. The molecule has 1 heterocycles. The van der Waals surface area contributed by atoms with Crippen LogP contribution in [0.3, 0.4) is 0 Å². The minimum absolute atomic E-state index is 0.136. The first-order valence-electron chi connectivity index (χ1n) is 6.28. The molecule has 1 amide bonds. The molecule has 2 rings (SSSR count). The molecule has 116 valence electrons. The van der Waals surface area contributed by atoms with Crippen LogP contribution >= 0.6 is 11.6 Å². The van der Waals surface area contributed by atoms with Crippen LogP contribution in [-0.4, -0.2) is 27.9 Å². The number of benzene rings is 1. The molecule has 0 aliphatic heterocycles. The third-order valence-corrected chi connectivity index (χ3v) is 3.27. The molecule has 0 radical (unpaired) electrons. The van der Waals surface area contributed by atoms with Gasteiger partial charge in [-0.1, -0.05) is 6.07 Å². The fraction of sp³-hybridized carbons (Fsp3) is 0.214. The number of furan rings is 1. The minimum atomic E-state index is -0.681. The number of nitrogens with zero attached hydrogens (tertiary/aromatic N) is 2. The number of alkyl halides is 1. The van der Waals surface area contributed by atoms with E-state index in [4.69, 9.17) is 16.0 Å². The molecule has 22 heavy (non-hydrogen) atoms. The molecule has 0 spiro atoms. The summed E-state index contributed by atoms with van der Waals surface area (Å²) >= 11 is 5.61. The lowest BCUT2D eigenvalue weighted by Gasteiger charge is -2.15. The highest BCUT2D eigenvalue weighted by Crippen LogP contribution is 2.26. The van der Waals surface area contributed by atoms with E-state index in [0.717, 1.165) is 0 Å². The second-order valence-corrected chi connectivity index (χ2v) is 4.91. The van der Waals surface area contributed by atoms with Gasteiger partial charge in [0.2, 0.25) is 0 Å². The highest BCUT2D eigenvalue weighted by molar-refractivity contribution is 6.16. The molecule has 1 N–H and O–H groups in total. The van der Waals surface area contributed by atoms with E-state index in [2.05, 4.69) is 0 Å². The molecule has 0 bridgehead atoms. The van der Waals surface area contributed by atoms with Crippen LogP contribution in [-0.2, 0) is 12.4 Å². The predicted octanol–water partition coefficient (Wildman–Crippen LogP) is 2.90. The van der Waals surface area contributed by atoms with Crippen LogP contribution in [0, 0.1) is 10.1 Å². The van der Waals surface area contributed by atoms with Crippen molar-refractivity contribution in [2.24, 2.45) is 0 Å². The molecule has 1 aromatic heterocycles. The monoisotopic (exact) mass is 324 g/mol. The summed E-state index contributed by atoms with van der Waals surface area (Å²) in [7, 11) is 1.55. The molecule has 8 heteroatoms. The average Bonchev–Trinajstić information content (AvgIpc) is 2.97. The average molecular weight is 325 g/mol. The smallest absolute Gasteiger partial charge is 0.311 e. The number of amides is 1. The maximum atomic E-state index is 12.2. The molecule has 7 nitrogen and oxygen atoms in total. The van der Waals surface area contributed by atoms with Gasteiger partial charge < -0.3 is 14.4 Å². The zero-order valence-corrected chi connectivity index (χ0v) is 12.4. The number of hydrogen-bond acceptors (Lipinski definition) is 5. The standard InChI is InChI=1S/C14H13ClN2O5/c1-16(14(19)13-5-3-10(7-15)22-13)8-9-2-4-12(18)11(6-9)17(20)21/h2-6,18H,7-8H2,1H3. The number of carbonyl (C=O) groups is 1. The van der Waals surface area contributed by atoms with Crippen LogP contribution in [0.5, 0.6) is 5.75 Å². The highest BCUT2D eigenvalue weighted by Gasteiger charge is 2.18. The number of phenolic OH excluding ortho intramolecular Hbond substituents is 1. The predicted molar refractivity (Wildman–Crippen MR) is 78.8 cm³/mol. The number of nitro benzene ring substituents is 1. The number of phenols is 1. The Morgan fingerprint density at radius 1 is 1.41 bits per heavy atom. The van der Waals surface area contributed by atoms with Crippen molar-refractivity contribution in [2.45, 2.75) is 12.4 Å². The summed E-state index contributed by atoms with van der Waals surface area (Å²) in [5.74, 6) is 0.0129. The molecule has 0 atom stereocenters. The van der Waals surface area contributed by atoms with E-state index >= 15 is 0 Å². The van der Waals surface area contributed by atoms with Gasteiger partial charge in [-0.15, -0.1) is 11.6 Å². The van der Waals surface area contributed by atoms with Crippen molar-refractivity contribution in [3.05, 3.63) is 57.5 Å². The second kappa shape index (κ2) is 6.48. The van der Waals surface area contributed by atoms with Crippen LogP contribution in [0.25, 0.3) is 0 Å². The first-order chi connectivity index (χ1) is 10.4. The quantitative estimate of drug-likeness (QED) is 0.518. The van der Waals surface area contributed by atoms with Gasteiger partial charge in [-0.25, -0.2) is 0 Å². The molecular formula is C14H13ClN2O5. The molecule has 0 aliphatic carbocycles. The number of rotatable bonds is 5. The summed E-state index contributed by atoms with van der Waals surface area (Å²) < 4.78 is 5.26. The molecular weight excluding hydrogens is 312 g/mol. The first-order valence-corrected chi connectivity index (χ1v) is 6.82. The molecule has 0 unspecified atom stereocenters. The van der Waals surface area contributed by atoms with E-state index in [1.54, 1.807) is 13.1 Å². The summed E-state index contributed by atoms with van der Waals surface area (Å²) in [6.45, 7) is 0.136. The van der Waals surface area contributed by atoms with Crippen LogP contribution in [0.4, 0.5) is 5.69 Å². The molecule has 0 fully saturated rings. The van der Waals surface area contributed by atoms with Gasteiger partial charge in [0.15, 0.2) is 11.5 Å². The Morgan fingerprint density at radius 2 is 2.14 bits per heavy atom. The van der Waals surface area contributed by atoms with Crippen molar-refractivity contribution in [1.29, 1.82) is 0 Å². The highest BCUT2D eigenvalue weighted by atomic mass is 35.5. The summed E-state index contributed by atoms with van der Waals surface area (Å²) in [6.07, 6.45) is 0. The van der Waals surface area contributed by atoms with Crippen molar-refractivity contribution >= 4 is 23.2 Å². The Morgan fingerprint density at radius 3 is 2.73 bits per heavy atom. The van der Waals surface area contributed by atoms with Crippen molar-refractivity contribution < 1.29 is 19.2 Å². The number of nitro groups is 1. The largest absolute Gasteiger partial charge is 0.502 e. The first kappa shape index (κ1) is 15.8. The summed E-state index contributed by atoms with van der Waals surface area (Å²) in [5, 5.41) is 20.2. The SMILES string of the molecule is CN(Cc1ccc(O)c([N+](=O)[O-])c1)C(=O)c1ccc(CCl)o1. The van der Waals surface area contributed by atoms with Gasteiger partial charge in [-0.05, 0) is 23.8 Å². The Kier molecular flexibility index (Phi) is 4.67. The molecule has 0 aliphatic rings. The molecule has 0 saturated heterocycles. The van der Waals surface area contributed by atoms with E-state index in [0.29, 0.717) is 11.3 Å². The summed E-state index contributed by atoms with van der Waals surface area (Å²) in [5.41, 5.74) is 0.116. The lowest BCUT2D eigenvalue weighted by Crippen LogP contribution is -2.25. The molecule has 1 aromatic carbocycles. The second-order valence-electron chi connectivity index (χ2n) is 4.64. The van der Waals surface area contributed by atoms with Gasteiger partial charge in [0.25, 0.3) is 5.91 Å². The van der Waals surface area contributed by atoms with Gasteiger partial charge in [0, 0.05) is 19.7 Å². The third kappa shape index (κ3) is 3.37. The van der Waals surface area contributed by atoms with Crippen LogP contribution < -0.4 is 0 Å². The maximum Gasteiger partial charge on any atom is 0.311 e. The van der Waals surface area contributed by atoms with Gasteiger partial charge in [0.1, 0.15) is 5.76 Å². The Balaban J connectivity index is 2.14. The number of aromatic hydroxyl groups is 1. The van der Waals surface area contributed by atoms with Crippen LogP contribution in [0.15, 0.2) is 34.7 Å². The van der Waals surface area contributed by atoms with Crippen LogP contribution in [0.1, 0.15) is 21.9 Å². The normalized spacial score (nSPS) is 10.5. The third-order valence-electron chi connectivity index (χ3n) is 3.01. The van der Waals surface area contributed by atoms with Crippen molar-refractivity contribution in [1.82, 2.24) is 4.90 Å². The van der Waals surface area contributed by atoms with Crippen molar-refractivity contribution in [3.8, 4) is 5.75 Å². The zero-order chi connectivity index (χ0) is 16.3. The fourth-order valence-electron chi connectivity index (χ4n) is 1.91. The van der Waals surface area contributed by atoms with E-state index in [-0.39, 0.29) is 24.1 Å². The number of halogens is 1. The number of carbonyl (C=O) groups excluding carboxylic acids is 1. The lowest BCUT2D eigenvalue weighted by molar-refractivity contribution is -0.385. The van der Waals surface area contributed by atoms with Gasteiger partial charge in [-0.2, -0.15) is 0 Å². The minimum Gasteiger partial charge on any atom is -0.502 e. The Labute approximate surface area is 130 Å². The molecule has 2 aromatic rings. The fourth-order valence-corrected chi connectivity index (χ4v) is 2.06. The van der Waals surface area contributed by atoms with Gasteiger partial charge in [0.05, 0.1) is 10.8 Å². The van der Waals surface area contributed by atoms with Crippen molar-refractivity contribution in [2.75, 3.05) is 7.05 Å². The summed E-state index contributed by atoms with van der Waals surface area (Å²) in [4.78, 5) is 23.6. The van der Waals surface area contributed by atoms with Crippen LogP contribution in [0.2, 0.25) is 0 Å². The van der Waals surface area contributed by atoms with Gasteiger partial charge >= 0.3 is 5.69 Å². The number of hydrogen-bond donors (Lipinski definition) is 1. The van der Waals surface area contributed by atoms with E-state index in [1.807, 2.05) is 0 Å². The Bertz CT molecular complexity index is 713.